The highest BCUT2D eigenvalue weighted by Crippen LogP contribution is 2.24. The standard InChI is InChI=1S/C17H28N6O2/c1-25-13-6-4-11(5-7-13)22-17-20-10-14(15(18)24)16(23-17)21-12-3-2-8-19-9-12/h10-13,19H,2-9H2,1H3,(H2,18,24)(H2,20,21,22,23)/t11-,12-,13-/m0/s1. The van der Waals surface area contributed by atoms with E-state index in [1.54, 1.807) is 7.11 Å². The quantitative estimate of drug-likeness (QED) is 0.609. The van der Waals surface area contributed by atoms with Crippen LogP contribution in [0.25, 0.3) is 0 Å². The van der Waals surface area contributed by atoms with Gasteiger partial charge in [-0.05, 0) is 45.1 Å². The topological polar surface area (TPSA) is 114 Å². The third-order valence-corrected chi connectivity index (χ3v) is 5.03. The third-order valence-electron chi connectivity index (χ3n) is 5.03. The number of primary amides is 1. The van der Waals surface area contributed by atoms with Crippen molar-refractivity contribution >= 4 is 17.7 Å². The number of nitrogens with two attached hydrogens (primary N) is 1. The number of anilines is 2. The molecule has 0 radical (unpaired) electrons. The maximum Gasteiger partial charge on any atom is 0.254 e. The van der Waals surface area contributed by atoms with Gasteiger partial charge >= 0.3 is 0 Å². The molecular weight excluding hydrogens is 320 g/mol. The van der Waals surface area contributed by atoms with E-state index in [-0.39, 0.29) is 6.04 Å². The first-order valence-electron chi connectivity index (χ1n) is 9.09. The summed E-state index contributed by atoms with van der Waals surface area (Å²) in [5.74, 6) is 0.542. The molecule has 0 bridgehead atoms. The monoisotopic (exact) mass is 348 g/mol. The Morgan fingerprint density at radius 1 is 1.24 bits per heavy atom. The van der Waals surface area contributed by atoms with Gasteiger partial charge in [0.15, 0.2) is 0 Å². The molecule has 25 heavy (non-hydrogen) atoms. The number of amides is 1. The molecule has 138 valence electrons. The van der Waals surface area contributed by atoms with Gasteiger partial charge in [0.05, 0.1) is 11.7 Å². The molecule has 8 nitrogen and oxygen atoms in total. The minimum atomic E-state index is -0.515. The second-order valence-corrected chi connectivity index (χ2v) is 6.86. The number of methoxy groups -OCH3 is 1. The molecule has 0 unspecified atom stereocenters. The van der Waals surface area contributed by atoms with Gasteiger partial charge in [-0.25, -0.2) is 4.98 Å². The van der Waals surface area contributed by atoms with Gasteiger partial charge in [0.2, 0.25) is 5.95 Å². The number of carbonyl (C=O) groups excluding carboxylic acids is 1. The zero-order valence-electron chi connectivity index (χ0n) is 14.8. The van der Waals surface area contributed by atoms with Crippen LogP contribution >= 0.6 is 0 Å². The highest BCUT2D eigenvalue weighted by atomic mass is 16.5. The predicted octanol–water partition coefficient (Wildman–Crippen LogP) is 1.11. The predicted molar refractivity (Wildman–Crippen MR) is 96.7 cm³/mol. The molecule has 2 heterocycles. The smallest absolute Gasteiger partial charge is 0.254 e. The van der Waals surface area contributed by atoms with E-state index in [4.69, 9.17) is 10.5 Å². The molecular formula is C17H28N6O2. The Kier molecular flexibility index (Phi) is 6.04. The van der Waals surface area contributed by atoms with Gasteiger partial charge in [-0.3, -0.25) is 4.79 Å². The summed E-state index contributed by atoms with van der Waals surface area (Å²) in [4.78, 5) is 20.5. The molecule has 1 saturated carbocycles. The lowest BCUT2D eigenvalue weighted by molar-refractivity contribution is 0.0681. The summed E-state index contributed by atoms with van der Waals surface area (Å²) in [7, 11) is 1.77. The van der Waals surface area contributed by atoms with E-state index < -0.39 is 5.91 Å². The van der Waals surface area contributed by atoms with Gasteiger partial charge in [-0.2, -0.15) is 4.98 Å². The van der Waals surface area contributed by atoms with Crippen LogP contribution in [-0.4, -0.2) is 54.3 Å². The van der Waals surface area contributed by atoms with Crippen molar-refractivity contribution in [2.75, 3.05) is 30.8 Å². The van der Waals surface area contributed by atoms with Crippen LogP contribution in [0.5, 0.6) is 0 Å². The molecule has 1 aromatic heterocycles. The van der Waals surface area contributed by atoms with Crippen molar-refractivity contribution in [3.63, 3.8) is 0 Å². The van der Waals surface area contributed by atoms with Gasteiger partial charge < -0.3 is 26.4 Å². The molecule has 1 amide bonds. The van der Waals surface area contributed by atoms with Gasteiger partial charge in [-0.1, -0.05) is 0 Å². The van der Waals surface area contributed by atoms with Crippen molar-refractivity contribution in [1.82, 2.24) is 15.3 Å². The highest BCUT2D eigenvalue weighted by molar-refractivity contribution is 5.97. The first-order valence-corrected chi connectivity index (χ1v) is 9.09. The Bertz CT molecular complexity index is 583. The first kappa shape index (κ1) is 17.9. The third kappa shape index (κ3) is 4.79. The molecule has 2 fully saturated rings. The molecule has 8 heteroatoms. The van der Waals surface area contributed by atoms with Gasteiger partial charge in [-0.15, -0.1) is 0 Å². The zero-order chi connectivity index (χ0) is 17.6. The minimum Gasteiger partial charge on any atom is -0.381 e. The van der Waals surface area contributed by atoms with E-state index in [9.17, 15) is 4.79 Å². The number of ether oxygens (including phenoxy) is 1. The molecule has 5 N–H and O–H groups in total. The molecule has 1 aromatic rings. The average molecular weight is 348 g/mol. The number of carbonyl (C=O) groups is 1. The Morgan fingerprint density at radius 2 is 2.04 bits per heavy atom. The second kappa shape index (κ2) is 8.44. The van der Waals surface area contributed by atoms with E-state index in [0.717, 1.165) is 51.6 Å². The fraction of sp³-hybridized carbons (Fsp3) is 0.706. The molecule has 1 aliphatic heterocycles. The lowest BCUT2D eigenvalue weighted by Crippen LogP contribution is -2.39. The Morgan fingerprint density at radius 3 is 2.68 bits per heavy atom. The Labute approximate surface area is 148 Å². The van der Waals surface area contributed by atoms with Gasteiger partial charge in [0.1, 0.15) is 5.82 Å². The molecule has 3 rings (SSSR count). The number of nitrogens with one attached hydrogen (secondary N) is 3. The fourth-order valence-electron chi connectivity index (χ4n) is 3.54. The normalized spacial score (nSPS) is 26.8. The summed E-state index contributed by atoms with van der Waals surface area (Å²) in [6, 6.07) is 0.571. The van der Waals surface area contributed by atoms with Crippen molar-refractivity contribution in [1.29, 1.82) is 0 Å². The lowest BCUT2D eigenvalue weighted by atomic mass is 9.93. The first-order chi connectivity index (χ1) is 12.2. The minimum absolute atomic E-state index is 0.242. The molecule has 0 spiro atoms. The van der Waals surface area contributed by atoms with E-state index in [2.05, 4.69) is 25.9 Å². The van der Waals surface area contributed by atoms with Crippen LogP contribution in [0, 0.1) is 0 Å². The van der Waals surface area contributed by atoms with Crippen LogP contribution < -0.4 is 21.7 Å². The maximum absolute atomic E-state index is 11.7. The van der Waals surface area contributed by atoms with Crippen LogP contribution in [0.4, 0.5) is 11.8 Å². The van der Waals surface area contributed by atoms with E-state index in [1.807, 2.05) is 0 Å². The van der Waals surface area contributed by atoms with Crippen molar-refractivity contribution in [2.24, 2.45) is 5.73 Å². The summed E-state index contributed by atoms with van der Waals surface area (Å²) >= 11 is 0. The molecule has 0 aromatic carbocycles. The lowest BCUT2D eigenvalue weighted by Gasteiger charge is -2.28. The SMILES string of the molecule is CO[C@H]1CC[C@H](Nc2ncc(C(N)=O)c(N[C@H]3CCCNC3)n2)CC1. The van der Waals surface area contributed by atoms with E-state index in [1.165, 1.54) is 6.20 Å². The molecule has 1 aliphatic carbocycles. The highest BCUT2D eigenvalue weighted by Gasteiger charge is 2.23. The zero-order valence-corrected chi connectivity index (χ0v) is 14.8. The Balaban J connectivity index is 1.68. The second-order valence-electron chi connectivity index (χ2n) is 6.86. The van der Waals surface area contributed by atoms with Crippen LogP contribution in [-0.2, 0) is 4.74 Å². The molecule has 1 saturated heterocycles. The largest absolute Gasteiger partial charge is 0.381 e. The van der Waals surface area contributed by atoms with Gasteiger partial charge in [0, 0.05) is 31.9 Å². The number of hydrogen-bond acceptors (Lipinski definition) is 7. The summed E-state index contributed by atoms with van der Waals surface area (Å²) < 4.78 is 5.41. The number of rotatable bonds is 6. The number of piperidine rings is 1. The fourth-order valence-corrected chi connectivity index (χ4v) is 3.54. The van der Waals surface area contributed by atoms with Crippen molar-refractivity contribution < 1.29 is 9.53 Å². The number of hydrogen-bond donors (Lipinski definition) is 4. The molecule has 2 aliphatic rings. The summed E-state index contributed by atoms with van der Waals surface area (Å²) in [5, 5.41) is 10.1. The van der Waals surface area contributed by atoms with Crippen LogP contribution in [0.15, 0.2) is 6.20 Å². The van der Waals surface area contributed by atoms with Gasteiger partial charge in [0.25, 0.3) is 5.91 Å². The molecule has 1 atom stereocenters. The van der Waals surface area contributed by atoms with Crippen LogP contribution in [0.1, 0.15) is 48.9 Å². The van der Waals surface area contributed by atoms with Crippen molar-refractivity contribution in [3.8, 4) is 0 Å². The van der Waals surface area contributed by atoms with E-state index >= 15 is 0 Å². The Hall–Kier alpha value is -1.93. The number of nitrogens with zero attached hydrogens (tertiary/aromatic N) is 2. The van der Waals surface area contributed by atoms with Crippen molar-refractivity contribution in [3.05, 3.63) is 11.8 Å². The van der Waals surface area contributed by atoms with Crippen LogP contribution in [0.2, 0.25) is 0 Å². The van der Waals surface area contributed by atoms with Crippen LogP contribution in [0.3, 0.4) is 0 Å². The van der Waals surface area contributed by atoms with E-state index in [0.29, 0.717) is 29.5 Å². The van der Waals surface area contributed by atoms with Crippen molar-refractivity contribution in [2.45, 2.75) is 56.7 Å². The number of aromatic nitrogens is 2. The average Bonchev–Trinajstić information content (AvgIpc) is 2.63. The summed E-state index contributed by atoms with van der Waals surface area (Å²) in [5.41, 5.74) is 5.81. The summed E-state index contributed by atoms with van der Waals surface area (Å²) in [6.45, 7) is 1.88. The maximum atomic E-state index is 11.7. The summed E-state index contributed by atoms with van der Waals surface area (Å²) in [6.07, 6.45) is 8.12.